The van der Waals surface area contributed by atoms with Crippen molar-refractivity contribution in [1.82, 2.24) is 4.90 Å². The summed E-state index contributed by atoms with van der Waals surface area (Å²) in [7, 11) is 3.45. The molecule has 0 heterocycles. The number of aryl methyl sites for hydroxylation is 2. The molecule has 0 radical (unpaired) electrons. The summed E-state index contributed by atoms with van der Waals surface area (Å²) in [5, 5.41) is -0.0864. The highest BCUT2D eigenvalue weighted by atomic mass is 32.2. The van der Waals surface area contributed by atoms with E-state index in [4.69, 9.17) is 0 Å². The first-order valence-corrected chi connectivity index (χ1v) is 7.85. The Bertz CT molecular complexity index is 626. The number of nitrogens with zero attached hydrogens (tertiary/aromatic N) is 2. The van der Waals surface area contributed by atoms with E-state index in [1.807, 2.05) is 24.3 Å². The zero-order chi connectivity index (χ0) is 16.1. The first kappa shape index (κ1) is 16.3. The van der Waals surface area contributed by atoms with Gasteiger partial charge in [0.15, 0.2) is 0 Å². The smallest absolute Gasteiger partial charge is 0.303 e. The molecular formula is C18H20N2OS. The zero-order valence-corrected chi connectivity index (χ0v) is 14.1. The van der Waals surface area contributed by atoms with Crippen molar-refractivity contribution >= 4 is 22.9 Å². The summed E-state index contributed by atoms with van der Waals surface area (Å²) in [6.07, 6.45) is 0. The van der Waals surface area contributed by atoms with Crippen LogP contribution in [0.4, 0.5) is 4.79 Å². The molecule has 2 rings (SSSR count). The first-order chi connectivity index (χ1) is 10.5. The Morgan fingerprint density at radius 2 is 1.27 bits per heavy atom. The Kier molecular flexibility index (Phi) is 5.39. The second kappa shape index (κ2) is 7.27. The highest BCUT2D eigenvalue weighted by molar-refractivity contribution is 8.12. The van der Waals surface area contributed by atoms with Crippen LogP contribution in [0.2, 0.25) is 0 Å². The molecule has 114 valence electrons. The summed E-state index contributed by atoms with van der Waals surface area (Å²) in [4.78, 5) is 13.3. The standard InChI is InChI=1S/C18H20N2OS/c1-13-5-9-15(10-6-13)17(19-22-18(21)20(3)4)16-11-7-14(2)8-12-16/h5-12H,1-4H3. The number of carbonyl (C=O) groups excluding carboxylic acids is 1. The van der Waals surface area contributed by atoms with Crippen LogP contribution in [0.5, 0.6) is 0 Å². The Morgan fingerprint density at radius 3 is 1.64 bits per heavy atom. The normalized spacial score (nSPS) is 10.2. The lowest BCUT2D eigenvalue weighted by Crippen LogP contribution is -2.16. The van der Waals surface area contributed by atoms with Crippen LogP contribution in [0, 0.1) is 13.8 Å². The minimum Gasteiger partial charge on any atom is -0.338 e. The molecule has 0 atom stereocenters. The van der Waals surface area contributed by atoms with Crippen molar-refractivity contribution in [2.75, 3.05) is 14.1 Å². The Morgan fingerprint density at radius 1 is 0.864 bits per heavy atom. The van der Waals surface area contributed by atoms with Crippen LogP contribution in [0.15, 0.2) is 52.9 Å². The van der Waals surface area contributed by atoms with Gasteiger partial charge in [-0.25, -0.2) is 4.40 Å². The fraction of sp³-hybridized carbons (Fsp3) is 0.222. The number of hydrogen-bond acceptors (Lipinski definition) is 3. The van der Waals surface area contributed by atoms with E-state index in [0.29, 0.717) is 0 Å². The molecule has 22 heavy (non-hydrogen) atoms. The monoisotopic (exact) mass is 312 g/mol. The topological polar surface area (TPSA) is 32.7 Å². The quantitative estimate of drug-likeness (QED) is 0.619. The summed E-state index contributed by atoms with van der Waals surface area (Å²) >= 11 is 0.966. The van der Waals surface area contributed by atoms with Gasteiger partial charge >= 0.3 is 5.24 Å². The van der Waals surface area contributed by atoms with Crippen molar-refractivity contribution in [2.45, 2.75) is 13.8 Å². The molecule has 0 fully saturated rings. The maximum atomic E-state index is 11.8. The van der Waals surface area contributed by atoms with E-state index in [9.17, 15) is 4.79 Å². The number of amides is 1. The van der Waals surface area contributed by atoms with Gasteiger partial charge in [-0.1, -0.05) is 59.7 Å². The van der Waals surface area contributed by atoms with Gasteiger partial charge in [-0.3, -0.25) is 4.79 Å². The molecule has 0 spiro atoms. The zero-order valence-electron chi connectivity index (χ0n) is 13.3. The average molecular weight is 312 g/mol. The van der Waals surface area contributed by atoms with Gasteiger partial charge in [0, 0.05) is 25.2 Å². The average Bonchev–Trinajstić information content (AvgIpc) is 2.50. The van der Waals surface area contributed by atoms with Gasteiger partial charge < -0.3 is 4.90 Å². The van der Waals surface area contributed by atoms with Crippen molar-refractivity contribution in [3.8, 4) is 0 Å². The molecule has 3 nitrogen and oxygen atoms in total. The molecule has 0 bridgehead atoms. The van der Waals surface area contributed by atoms with Gasteiger partial charge in [-0.2, -0.15) is 0 Å². The lowest BCUT2D eigenvalue weighted by Gasteiger charge is -2.10. The van der Waals surface area contributed by atoms with E-state index in [2.05, 4.69) is 42.5 Å². The van der Waals surface area contributed by atoms with E-state index in [1.165, 1.54) is 16.0 Å². The third-order valence-electron chi connectivity index (χ3n) is 3.23. The summed E-state index contributed by atoms with van der Waals surface area (Å²) in [6.45, 7) is 4.10. The minimum atomic E-state index is -0.0864. The summed E-state index contributed by atoms with van der Waals surface area (Å²) in [5.41, 5.74) is 5.23. The molecule has 2 aromatic carbocycles. The number of benzene rings is 2. The number of carbonyl (C=O) groups is 1. The van der Waals surface area contributed by atoms with Gasteiger partial charge in [0.1, 0.15) is 0 Å². The molecule has 0 aromatic heterocycles. The molecule has 0 N–H and O–H groups in total. The summed E-state index contributed by atoms with van der Waals surface area (Å²) < 4.78 is 4.49. The number of rotatable bonds is 3. The Balaban J connectivity index is 2.40. The second-order valence-corrected chi connectivity index (χ2v) is 6.14. The van der Waals surface area contributed by atoms with Crippen LogP contribution in [0.25, 0.3) is 0 Å². The van der Waals surface area contributed by atoms with E-state index in [0.717, 1.165) is 28.8 Å². The van der Waals surface area contributed by atoms with Crippen molar-refractivity contribution < 1.29 is 4.79 Å². The van der Waals surface area contributed by atoms with E-state index < -0.39 is 0 Å². The van der Waals surface area contributed by atoms with E-state index in [1.54, 1.807) is 14.1 Å². The van der Waals surface area contributed by atoms with Gasteiger partial charge in [-0.15, -0.1) is 0 Å². The first-order valence-electron chi connectivity index (χ1n) is 7.08. The van der Waals surface area contributed by atoms with E-state index >= 15 is 0 Å². The maximum absolute atomic E-state index is 11.8. The van der Waals surface area contributed by atoms with Crippen molar-refractivity contribution in [3.05, 3.63) is 70.8 Å². The SMILES string of the molecule is Cc1ccc(C(=NSC(=O)N(C)C)c2ccc(C)cc2)cc1. The molecule has 0 saturated carbocycles. The molecular weight excluding hydrogens is 292 g/mol. The highest BCUT2D eigenvalue weighted by Crippen LogP contribution is 2.18. The van der Waals surface area contributed by atoms with Gasteiger partial charge in [0.05, 0.1) is 17.7 Å². The largest absolute Gasteiger partial charge is 0.338 e. The third kappa shape index (κ3) is 4.21. The van der Waals surface area contributed by atoms with Crippen molar-refractivity contribution in [1.29, 1.82) is 0 Å². The fourth-order valence-corrected chi connectivity index (χ4v) is 2.40. The van der Waals surface area contributed by atoms with Crippen LogP contribution in [-0.2, 0) is 0 Å². The fourth-order valence-electron chi connectivity index (χ4n) is 1.86. The molecule has 1 amide bonds. The lowest BCUT2D eigenvalue weighted by atomic mass is 10.0. The van der Waals surface area contributed by atoms with Crippen LogP contribution in [0.1, 0.15) is 22.3 Å². The minimum absolute atomic E-state index is 0.0864. The highest BCUT2D eigenvalue weighted by Gasteiger charge is 2.10. The molecule has 4 heteroatoms. The molecule has 2 aromatic rings. The predicted octanol–water partition coefficient (Wildman–Crippen LogP) is 4.47. The van der Waals surface area contributed by atoms with Gasteiger partial charge in [-0.05, 0) is 13.8 Å². The molecule has 0 aliphatic carbocycles. The maximum Gasteiger partial charge on any atom is 0.303 e. The Hall–Kier alpha value is -2.07. The van der Waals surface area contributed by atoms with Crippen LogP contribution in [-0.4, -0.2) is 29.9 Å². The van der Waals surface area contributed by atoms with E-state index in [-0.39, 0.29) is 5.24 Å². The van der Waals surface area contributed by atoms with Gasteiger partial charge in [0.2, 0.25) is 0 Å². The predicted molar refractivity (Wildman–Crippen MR) is 94.7 cm³/mol. The Labute approximate surface area is 136 Å². The third-order valence-corrected chi connectivity index (χ3v) is 4.03. The molecule has 0 aliphatic heterocycles. The molecule has 0 unspecified atom stereocenters. The summed E-state index contributed by atoms with van der Waals surface area (Å²) in [6, 6.07) is 16.4. The lowest BCUT2D eigenvalue weighted by molar-refractivity contribution is 0.241. The second-order valence-electron chi connectivity index (χ2n) is 5.42. The molecule has 0 aliphatic rings. The summed E-state index contributed by atoms with van der Waals surface area (Å²) in [5.74, 6) is 0. The van der Waals surface area contributed by atoms with Crippen LogP contribution >= 0.6 is 11.9 Å². The van der Waals surface area contributed by atoms with Gasteiger partial charge in [0.25, 0.3) is 0 Å². The van der Waals surface area contributed by atoms with Crippen LogP contribution < -0.4 is 0 Å². The van der Waals surface area contributed by atoms with Crippen molar-refractivity contribution in [2.24, 2.45) is 4.40 Å². The molecule has 0 saturated heterocycles. The van der Waals surface area contributed by atoms with Crippen LogP contribution in [0.3, 0.4) is 0 Å². The van der Waals surface area contributed by atoms with Crippen molar-refractivity contribution in [3.63, 3.8) is 0 Å². The number of hydrogen-bond donors (Lipinski definition) is 0.